The first-order valence-electron chi connectivity index (χ1n) is 11.9. The molecule has 0 saturated carbocycles. The van der Waals surface area contributed by atoms with E-state index in [9.17, 15) is 0 Å². The number of oxime groups is 1. The normalized spacial score (nSPS) is 14.2. The highest BCUT2D eigenvalue weighted by molar-refractivity contribution is 7.10. The molecule has 0 radical (unpaired) electrons. The SMILES string of the molecule is C.CC(C)(C)O/N=C1/c2ccccc2-c2ccc(/C=C/CCCc3ccsc3C(C)(C)C)cc21. The molecule has 0 aliphatic heterocycles. The summed E-state index contributed by atoms with van der Waals surface area (Å²) in [5.41, 5.74) is 8.30. The molecule has 0 bridgehead atoms. The van der Waals surface area contributed by atoms with Crippen LogP contribution >= 0.6 is 11.3 Å². The fourth-order valence-corrected chi connectivity index (χ4v) is 5.31. The molecule has 1 aliphatic carbocycles. The molecule has 1 aromatic heterocycles. The summed E-state index contributed by atoms with van der Waals surface area (Å²) >= 11 is 1.89. The lowest BCUT2D eigenvalue weighted by atomic mass is 9.90. The summed E-state index contributed by atoms with van der Waals surface area (Å²) in [4.78, 5) is 7.34. The van der Waals surface area contributed by atoms with Crippen molar-refractivity contribution < 1.29 is 4.84 Å². The van der Waals surface area contributed by atoms with E-state index in [-0.39, 0.29) is 18.4 Å². The van der Waals surface area contributed by atoms with Gasteiger partial charge in [0.1, 0.15) is 11.3 Å². The van der Waals surface area contributed by atoms with E-state index in [1.165, 1.54) is 33.6 Å². The van der Waals surface area contributed by atoms with E-state index in [0.29, 0.717) is 0 Å². The molecule has 1 aliphatic rings. The van der Waals surface area contributed by atoms with Gasteiger partial charge in [0.15, 0.2) is 0 Å². The van der Waals surface area contributed by atoms with Gasteiger partial charge in [-0.1, -0.05) is 81.9 Å². The minimum Gasteiger partial charge on any atom is -0.390 e. The molecule has 0 unspecified atom stereocenters. The number of fused-ring (bicyclic) bond motifs is 3. The van der Waals surface area contributed by atoms with Gasteiger partial charge >= 0.3 is 0 Å². The molecule has 0 fully saturated rings. The van der Waals surface area contributed by atoms with Gasteiger partial charge in [0.25, 0.3) is 0 Å². The third kappa shape index (κ3) is 5.88. The minimum absolute atomic E-state index is 0. The molecule has 34 heavy (non-hydrogen) atoms. The Morgan fingerprint density at radius 2 is 1.59 bits per heavy atom. The van der Waals surface area contributed by atoms with Crippen LogP contribution in [0.3, 0.4) is 0 Å². The number of hydrogen-bond donors (Lipinski definition) is 0. The van der Waals surface area contributed by atoms with Gasteiger partial charge in [0.05, 0.1) is 0 Å². The first-order chi connectivity index (χ1) is 15.6. The Bertz CT molecular complexity index is 1180. The van der Waals surface area contributed by atoms with Crippen LogP contribution in [0.15, 0.2) is 65.1 Å². The van der Waals surface area contributed by atoms with Gasteiger partial charge in [-0.05, 0) is 85.2 Å². The van der Waals surface area contributed by atoms with Gasteiger partial charge in [-0.25, -0.2) is 0 Å². The maximum Gasteiger partial charge on any atom is 0.129 e. The number of hydrogen-bond acceptors (Lipinski definition) is 3. The summed E-state index contributed by atoms with van der Waals surface area (Å²) in [6.45, 7) is 13.0. The first-order valence-corrected chi connectivity index (χ1v) is 12.8. The van der Waals surface area contributed by atoms with Crippen molar-refractivity contribution >= 4 is 23.1 Å². The summed E-state index contributed by atoms with van der Waals surface area (Å²) < 4.78 is 0. The van der Waals surface area contributed by atoms with Crippen LogP contribution in [0.2, 0.25) is 0 Å². The summed E-state index contributed by atoms with van der Waals surface area (Å²) in [6.07, 6.45) is 7.92. The first kappa shape index (κ1) is 26.0. The van der Waals surface area contributed by atoms with Crippen molar-refractivity contribution in [3.05, 3.63) is 87.1 Å². The number of benzene rings is 2. The minimum atomic E-state index is -0.322. The summed E-state index contributed by atoms with van der Waals surface area (Å²) in [6, 6.07) is 17.4. The van der Waals surface area contributed by atoms with Gasteiger partial charge in [0, 0.05) is 16.0 Å². The molecule has 3 heteroatoms. The van der Waals surface area contributed by atoms with Crippen molar-refractivity contribution in [3.63, 3.8) is 0 Å². The Morgan fingerprint density at radius 1 is 0.882 bits per heavy atom. The molecule has 0 amide bonds. The van der Waals surface area contributed by atoms with Gasteiger partial charge in [-0.3, -0.25) is 0 Å². The zero-order valence-electron chi connectivity index (χ0n) is 20.7. The highest BCUT2D eigenvalue weighted by atomic mass is 32.1. The van der Waals surface area contributed by atoms with Crippen LogP contribution in [0.5, 0.6) is 0 Å². The zero-order valence-corrected chi connectivity index (χ0v) is 21.6. The number of aryl methyl sites for hydroxylation is 1. The van der Waals surface area contributed by atoms with Crippen molar-refractivity contribution in [2.75, 3.05) is 0 Å². The summed E-state index contributed by atoms with van der Waals surface area (Å²) in [7, 11) is 0. The molecule has 0 N–H and O–H groups in total. The monoisotopic (exact) mass is 473 g/mol. The molecule has 1 heterocycles. The van der Waals surface area contributed by atoms with E-state index in [1.807, 2.05) is 32.1 Å². The van der Waals surface area contributed by atoms with E-state index in [0.717, 1.165) is 29.7 Å². The van der Waals surface area contributed by atoms with Crippen molar-refractivity contribution in [1.82, 2.24) is 0 Å². The van der Waals surface area contributed by atoms with E-state index in [4.69, 9.17) is 4.84 Å². The van der Waals surface area contributed by atoms with Gasteiger partial charge in [0.2, 0.25) is 0 Å². The van der Waals surface area contributed by atoms with E-state index >= 15 is 0 Å². The molecular weight excluding hydrogens is 434 g/mol. The Balaban J connectivity index is 0.00000324. The molecule has 0 saturated heterocycles. The fraction of sp³-hybridized carbons (Fsp3) is 0.387. The number of allylic oxidation sites excluding steroid dienone is 1. The molecule has 2 nitrogen and oxygen atoms in total. The van der Waals surface area contributed by atoms with E-state index in [2.05, 4.69) is 92.0 Å². The summed E-state index contributed by atoms with van der Waals surface area (Å²) in [5, 5.41) is 6.81. The number of unbranched alkanes of at least 4 members (excludes halogenated alkanes) is 1. The highest BCUT2D eigenvalue weighted by Gasteiger charge is 2.26. The molecule has 0 atom stereocenters. The molecule has 3 aromatic rings. The van der Waals surface area contributed by atoms with Crippen LogP contribution in [0, 0.1) is 0 Å². The second-order valence-electron chi connectivity index (χ2n) is 10.8. The van der Waals surface area contributed by atoms with E-state index in [1.54, 1.807) is 0 Å². The van der Waals surface area contributed by atoms with Crippen molar-refractivity contribution in [2.24, 2.45) is 5.16 Å². The lowest BCUT2D eigenvalue weighted by molar-refractivity contribution is 0.00121. The summed E-state index contributed by atoms with van der Waals surface area (Å²) in [5.74, 6) is 0. The lowest BCUT2D eigenvalue weighted by Crippen LogP contribution is -2.17. The second kappa shape index (κ2) is 10.3. The molecular formula is C31H39NOS. The predicted octanol–water partition coefficient (Wildman–Crippen LogP) is 9.27. The van der Waals surface area contributed by atoms with Crippen LogP contribution in [0.4, 0.5) is 0 Å². The van der Waals surface area contributed by atoms with Gasteiger partial charge in [-0.15, -0.1) is 11.3 Å². The number of rotatable bonds is 6. The van der Waals surface area contributed by atoms with Crippen LogP contribution in [0.25, 0.3) is 17.2 Å². The van der Waals surface area contributed by atoms with Crippen molar-refractivity contribution in [2.45, 2.75) is 79.2 Å². The molecule has 0 spiro atoms. The Kier molecular flexibility index (Phi) is 7.88. The van der Waals surface area contributed by atoms with Crippen LogP contribution in [-0.4, -0.2) is 11.3 Å². The number of nitrogens with zero attached hydrogens (tertiary/aromatic N) is 1. The Hall–Kier alpha value is -2.65. The van der Waals surface area contributed by atoms with Gasteiger partial charge in [-0.2, -0.15) is 0 Å². The maximum atomic E-state index is 5.82. The molecule has 2 aromatic carbocycles. The Morgan fingerprint density at radius 3 is 2.29 bits per heavy atom. The molecule has 4 rings (SSSR count). The largest absolute Gasteiger partial charge is 0.390 e. The standard InChI is InChI=1S/C30H35NOS.CH4/c1-29(2,3)28-22(18-19-33-28)13-9-7-8-12-21-16-17-24-23-14-10-11-15-25(23)27(26(24)20-21)31-32-30(4,5)6;/h8,10-12,14-20H,7,9,13H2,1-6H3;1H4/b12-8+,31-27-;. The number of thiophene rings is 1. The van der Waals surface area contributed by atoms with Gasteiger partial charge < -0.3 is 4.84 Å². The predicted molar refractivity (Wildman–Crippen MR) is 150 cm³/mol. The van der Waals surface area contributed by atoms with Crippen LogP contribution < -0.4 is 0 Å². The zero-order chi connectivity index (χ0) is 23.6. The van der Waals surface area contributed by atoms with Crippen LogP contribution in [-0.2, 0) is 16.7 Å². The van der Waals surface area contributed by atoms with Crippen LogP contribution in [0.1, 0.15) is 88.9 Å². The maximum absolute atomic E-state index is 5.82. The van der Waals surface area contributed by atoms with Crippen molar-refractivity contribution in [3.8, 4) is 11.1 Å². The fourth-order valence-electron chi connectivity index (χ4n) is 4.27. The highest BCUT2D eigenvalue weighted by Crippen LogP contribution is 2.38. The third-order valence-electron chi connectivity index (χ3n) is 5.74. The molecule has 180 valence electrons. The topological polar surface area (TPSA) is 21.6 Å². The Labute approximate surface area is 210 Å². The van der Waals surface area contributed by atoms with E-state index < -0.39 is 0 Å². The second-order valence-corrected chi connectivity index (χ2v) is 11.7. The smallest absolute Gasteiger partial charge is 0.129 e. The average Bonchev–Trinajstić information content (AvgIpc) is 3.34. The third-order valence-corrected chi connectivity index (χ3v) is 7.12. The lowest BCUT2D eigenvalue weighted by Gasteiger charge is -2.18. The van der Waals surface area contributed by atoms with Crippen molar-refractivity contribution in [1.29, 1.82) is 0 Å². The average molecular weight is 474 g/mol. The quantitative estimate of drug-likeness (QED) is 0.202.